The molecular formula is C9H18O3. The summed E-state index contributed by atoms with van der Waals surface area (Å²) in [5.74, 6) is 0.205. The van der Waals surface area contributed by atoms with E-state index < -0.39 is 0 Å². The number of rotatable bonds is 7. The van der Waals surface area contributed by atoms with Crippen molar-refractivity contribution in [1.82, 2.24) is 0 Å². The predicted molar refractivity (Wildman–Crippen MR) is 46.8 cm³/mol. The van der Waals surface area contributed by atoms with E-state index in [-0.39, 0.29) is 24.9 Å². The molecule has 0 fully saturated rings. The molecule has 0 amide bonds. The maximum absolute atomic E-state index is 10.5. The fourth-order valence-corrected chi connectivity index (χ4v) is 1.05. The molecule has 0 atom stereocenters. The molecule has 0 heterocycles. The maximum atomic E-state index is 10.5. The molecule has 0 rings (SSSR count). The number of carbonyl (C=O) groups excluding carboxylic acids is 1. The zero-order chi connectivity index (χ0) is 9.40. The first-order chi connectivity index (χ1) is 5.70. The lowest BCUT2D eigenvalue weighted by molar-refractivity contribution is -0.117. The summed E-state index contributed by atoms with van der Waals surface area (Å²) in [4.78, 5) is 10.5. The van der Waals surface area contributed by atoms with E-state index in [9.17, 15) is 4.79 Å². The van der Waals surface area contributed by atoms with Gasteiger partial charge in [-0.3, -0.25) is 0 Å². The Balaban J connectivity index is 3.23. The molecule has 0 aliphatic rings. The molecule has 0 aliphatic carbocycles. The topological polar surface area (TPSA) is 57.5 Å². The van der Waals surface area contributed by atoms with Gasteiger partial charge < -0.3 is 15.0 Å². The van der Waals surface area contributed by atoms with Gasteiger partial charge in [-0.1, -0.05) is 6.42 Å². The van der Waals surface area contributed by atoms with Gasteiger partial charge in [-0.05, 0) is 19.8 Å². The van der Waals surface area contributed by atoms with Crippen molar-refractivity contribution in [2.24, 2.45) is 5.92 Å². The van der Waals surface area contributed by atoms with E-state index in [1.165, 1.54) is 0 Å². The third-order valence-electron chi connectivity index (χ3n) is 1.91. The van der Waals surface area contributed by atoms with E-state index >= 15 is 0 Å². The molecule has 0 aromatic rings. The molecule has 0 bridgehead atoms. The monoisotopic (exact) mass is 174 g/mol. The average Bonchev–Trinajstić information content (AvgIpc) is 2.04. The van der Waals surface area contributed by atoms with Gasteiger partial charge in [-0.25, -0.2) is 0 Å². The van der Waals surface area contributed by atoms with Crippen molar-refractivity contribution in [2.45, 2.75) is 32.6 Å². The number of hydrogen-bond acceptors (Lipinski definition) is 3. The van der Waals surface area contributed by atoms with Crippen LogP contribution in [0.4, 0.5) is 0 Å². The Hall–Kier alpha value is -0.410. The highest BCUT2D eigenvalue weighted by Gasteiger charge is 2.04. The van der Waals surface area contributed by atoms with E-state index in [2.05, 4.69) is 0 Å². The zero-order valence-electron chi connectivity index (χ0n) is 7.62. The van der Waals surface area contributed by atoms with Crippen LogP contribution in [0.5, 0.6) is 0 Å². The van der Waals surface area contributed by atoms with Crippen molar-refractivity contribution >= 4 is 5.78 Å². The first kappa shape index (κ1) is 11.6. The fourth-order valence-electron chi connectivity index (χ4n) is 1.05. The van der Waals surface area contributed by atoms with Gasteiger partial charge in [0.05, 0.1) is 0 Å². The van der Waals surface area contributed by atoms with Crippen molar-refractivity contribution in [3.8, 4) is 0 Å². The molecule has 0 radical (unpaired) electrons. The van der Waals surface area contributed by atoms with Crippen LogP contribution in [-0.4, -0.2) is 29.2 Å². The quantitative estimate of drug-likeness (QED) is 0.560. The highest BCUT2D eigenvalue weighted by atomic mass is 16.3. The number of unbranched alkanes of at least 4 members (excludes halogenated alkanes) is 1. The second-order valence-corrected chi connectivity index (χ2v) is 3.18. The predicted octanol–water partition coefficient (Wildman–Crippen LogP) is 0.737. The normalized spacial score (nSPS) is 10.7. The minimum atomic E-state index is -0.00282. The molecule has 0 saturated carbocycles. The Labute approximate surface area is 73.4 Å². The second-order valence-electron chi connectivity index (χ2n) is 3.18. The fraction of sp³-hybridized carbons (Fsp3) is 0.889. The van der Waals surface area contributed by atoms with E-state index in [4.69, 9.17) is 10.2 Å². The van der Waals surface area contributed by atoms with E-state index in [0.29, 0.717) is 6.42 Å². The van der Waals surface area contributed by atoms with Crippen molar-refractivity contribution in [3.05, 3.63) is 0 Å². The van der Waals surface area contributed by atoms with Gasteiger partial charge in [0.15, 0.2) is 0 Å². The van der Waals surface area contributed by atoms with Crippen LogP contribution >= 0.6 is 0 Å². The smallest absolute Gasteiger partial charge is 0.129 e. The largest absolute Gasteiger partial charge is 0.396 e. The summed E-state index contributed by atoms with van der Waals surface area (Å²) in [5, 5.41) is 17.4. The summed E-state index contributed by atoms with van der Waals surface area (Å²) >= 11 is 0. The minimum Gasteiger partial charge on any atom is -0.396 e. The highest BCUT2D eigenvalue weighted by Crippen LogP contribution is 2.08. The van der Waals surface area contributed by atoms with Crippen LogP contribution in [0.1, 0.15) is 32.6 Å². The summed E-state index contributed by atoms with van der Waals surface area (Å²) in [6.07, 6.45) is 3.20. The standard InChI is InChI=1S/C9H18O3/c1-8(12)4-2-3-5-9(6-10)7-11/h9-11H,2-7H2,1H3. The van der Waals surface area contributed by atoms with Crippen molar-refractivity contribution in [3.63, 3.8) is 0 Å². The minimum absolute atomic E-state index is 0.00282. The van der Waals surface area contributed by atoms with E-state index in [0.717, 1.165) is 19.3 Å². The lowest BCUT2D eigenvalue weighted by Gasteiger charge is -2.08. The third-order valence-corrected chi connectivity index (χ3v) is 1.91. The maximum Gasteiger partial charge on any atom is 0.129 e. The molecule has 0 aliphatic heterocycles. The average molecular weight is 174 g/mol. The highest BCUT2D eigenvalue weighted by molar-refractivity contribution is 5.75. The van der Waals surface area contributed by atoms with Gasteiger partial charge in [0.1, 0.15) is 5.78 Å². The molecule has 0 spiro atoms. The summed E-state index contributed by atoms with van der Waals surface area (Å²) < 4.78 is 0. The molecule has 0 aromatic carbocycles. The number of aliphatic hydroxyl groups excluding tert-OH is 2. The number of hydrogen-bond donors (Lipinski definition) is 2. The van der Waals surface area contributed by atoms with Crippen molar-refractivity contribution < 1.29 is 15.0 Å². The van der Waals surface area contributed by atoms with Crippen LogP contribution in [0.2, 0.25) is 0 Å². The third kappa shape index (κ3) is 6.31. The lowest BCUT2D eigenvalue weighted by atomic mass is 10.0. The summed E-state index contributed by atoms with van der Waals surface area (Å²) in [5.41, 5.74) is 0. The Morgan fingerprint density at radius 3 is 2.25 bits per heavy atom. The van der Waals surface area contributed by atoms with Crippen LogP contribution < -0.4 is 0 Å². The molecule has 0 saturated heterocycles. The number of ketones is 1. The van der Waals surface area contributed by atoms with Crippen molar-refractivity contribution in [2.75, 3.05) is 13.2 Å². The Morgan fingerprint density at radius 2 is 1.83 bits per heavy atom. The van der Waals surface area contributed by atoms with Crippen LogP contribution in [0.3, 0.4) is 0 Å². The zero-order valence-corrected chi connectivity index (χ0v) is 7.62. The SMILES string of the molecule is CC(=O)CCCCC(CO)CO. The first-order valence-electron chi connectivity index (χ1n) is 4.41. The molecule has 12 heavy (non-hydrogen) atoms. The van der Waals surface area contributed by atoms with Gasteiger partial charge in [-0.15, -0.1) is 0 Å². The Kier molecular flexibility index (Phi) is 7.00. The number of carbonyl (C=O) groups is 1. The Morgan fingerprint density at radius 1 is 1.25 bits per heavy atom. The van der Waals surface area contributed by atoms with Gasteiger partial charge in [0.25, 0.3) is 0 Å². The van der Waals surface area contributed by atoms with E-state index in [1.807, 2.05) is 0 Å². The van der Waals surface area contributed by atoms with Gasteiger partial charge in [0.2, 0.25) is 0 Å². The molecular weight excluding hydrogens is 156 g/mol. The number of Topliss-reactive ketones (excluding diaryl/α,β-unsaturated/α-hetero) is 1. The molecule has 3 nitrogen and oxygen atoms in total. The van der Waals surface area contributed by atoms with Crippen LogP contribution in [0.25, 0.3) is 0 Å². The number of aliphatic hydroxyl groups is 2. The summed E-state index contributed by atoms with van der Waals surface area (Å²) in [6.45, 7) is 1.66. The molecule has 0 unspecified atom stereocenters. The summed E-state index contributed by atoms with van der Waals surface area (Å²) in [7, 11) is 0. The van der Waals surface area contributed by atoms with Crippen LogP contribution in [0.15, 0.2) is 0 Å². The van der Waals surface area contributed by atoms with Gasteiger partial charge in [-0.2, -0.15) is 0 Å². The summed E-state index contributed by atoms with van der Waals surface area (Å²) in [6, 6.07) is 0. The van der Waals surface area contributed by atoms with Crippen molar-refractivity contribution in [1.29, 1.82) is 0 Å². The Bertz CT molecular complexity index is 119. The van der Waals surface area contributed by atoms with Crippen LogP contribution in [0, 0.1) is 5.92 Å². The van der Waals surface area contributed by atoms with Gasteiger partial charge >= 0.3 is 0 Å². The lowest BCUT2D eigenvalue weighted by Crippen LogP contribution is -2.10. The van der Waals surface area contributed by atoms with Gasteiger partial charge in [0, 0.05) is 25.6 Å². The molecule has 3 heteroatoms. The molecule has 2 N–H and O–H groups in total. The first-order valence-corrected chi connectivity index (χ1v) is 4.41. The van der Waals surface area contributed by atoms with Crippen LogP contribution in [-0.2, 0) is 4.79 Å². The molecule has 0 aromatic heterocycles. The molecule has 72 valence electrons. The van der Waals surface area contributed by atoms with E-state index in [1.54, 1.807) is 6.92 Å². The second kappa shape index (κ2) is 7.25.